The number of hydrogen-bond donors (Lipinski definition) is 2. The van der Waals surface area contributed by atoms with Gasteiger partial charge in [-0.05, 0) is 32.1 Å². The van der Waals surface area contributed by atoms with Crippen molar-refractivity contribution in [3.63, 3.8) is 0 Å². The Hall–Kier alpha value is -0.160. The van der Waals surface area contributed by atoms with Crippen molar-refractivity contribution in [2.75, 3.05) is 0 Å². The van der Waals surface area contributed by atoms with Gasteiger partial charge < -0.3 is 19.7 Å². The highest BCUT2D eigenvalue weighted by Crippen LogP contribution is 2.14. The Morgan fingerprint density at radius 1 is 0.667 bits per heavy atom. The summed E-state index contributed by atoms with van der Waals surface area (Å²) in [5.41, 5.74) is 0. The molecule has 0 aliphatic carbocycles. The van der Waals surface area contributed by atoms with E-state index in [0.29, 0.717) is 19.3 Å². The van der Waals surface area contributed by atoms with Gasteiger partial charge in [0.25, 0.3) is 0 Å². The van der Waals surface area contributed by atoms with Gasteiger partial charge in [-0.25, -0.2) is 0 Å². The van der Waals surface area contributed by atoms with E-state index < -0.39 is 18.9 Å². The zero-order valence-electron chi connectivity index (χ0n) is 14.2. The molecule has 4 nitrogen and oxygen atoms in total. The zero-order valence-corrected chi connectivity index (χ0v) is 14.2. The predicted octanol–water partition coefficient (Wildman–Crippen LogP) is 4.33. The van der Waals surface area contributed by atoms with Crippen LogP contribution in [0, 0.1) is 0 Å². The number of rotatable bonds is 15. The fourth-order valence-electron chi connectivity index (χ4n) is 2.20. The van der Waals surface area contributed by atoms with Gasteiger partial charge in [0, 0.05) is 0 Å². The van der Waals surface area contributed by atoms with Crippen LogP contribution in [-0.2, 0) is 9.47 Å². The molecule has 2 unspecified atom stereocenters. The lowest BCUT2D eigenvalue weighted by Crippen LogP contribution is -2.28. The maximum atomic E-state index is 9.83. The first-order valence-corrected chi connectivity index (χ1v) is 8.81. The van der Waals surface area contributed by atoms with Crippen LogP contribution in [0.4, 0.5) is 0 Å². The first-order chi connectivity index (χ1) is 10.1. The molecule has 4 heteroatoms. The number of hydrogen-bond acceptors (Lipinski definition) is 4. The van der Waals surface area contributed by atoms with Crippen LogP contribution in [0.5, 0.6) is 0 Å². The molecule has 0 spiro atoms. The quantitative estimate of drug-likeness (QED) is 0.349. The average Bonchev–Trinajstić information content (AvgIpc) is 2.47. The monoisotopic (exact) mass is 304 g/mol. The van der Waals surface area contributed by atoms with E-state index >= 15 is 0 Å². The molecule has 0 fully saturated rings. The summed E-state index contributed by atoms with van der Waals surface area (Å²) < 4.78 is 10.9. The van der Waals surface area contributed by atoms with Crippen molar-refractivity contribution in [1.82, 2.24) is 0 Å². The molecule has 2 N–H and O–H groups in total. The van der Waals surface area contributed by atoms with E-state index in [-0.39, 0.29) is 0 Å². The highest BCUT2D eigenvalue weighted by Gasteiger charge is 2.17. The van der Waals surface area contributed by atoms with Crippen molar-refractivity contribution in [2.24, 2.45) is 0 Å². The molecule has 0 radical (unpaired) electrons. The maximum Gasteiger partial charge on any atom is 0.163 e. The van der Waals surface area contributed by atoms with Crippen molar-refractivity contribution in [1.29, 1.82) is 0 Å². The normalized spacial score (nSPS) is 15.9. The maximum absolute atomic E-state index is 9.83. The van der Waals surface area contributed by atoms with Gasteiger partial charge >= 0.3 is 0 Å². The van der Waals surface area contributed by atoms with Crippen molar-refractivity contribution in [3.05, 3.63) is 0 Å². The van der Waals surface area contributed by atoms with Gasteiger partial charge in [0.2, 0.25) is 0 Å². The third kappa shape index (κ3) is 13.2. The third-order valence-corrected chi connectivity index (χ3v) is 3.56. The molecule has 0 saturated heterocycles. The third-order valence-electron chi connectivity index (χ3n) is 3.56. The molecule has 0 aromatic carbocycles. The molecule has 0 aromatic rings. The molecular weight excluding hydrogens is 268 g/mol. The summed E-state index contributed by atoms with van der Waals surface area (Å²) >= 11 is 0. The Morgan fingerprint density at radius 2 is 1.10 bits per heavy atom. The molecular formula is C17H36O4. The van der Waals surface area contributed by atoms with Crippen LogP contribution < -0.4 is 0 Å². The Kier molecular flexibility index (Phi) is 14.7. The lowest BCUT2D eigenvalue weighted by molar-refractivity contribution is -0.278. The molecule has 0 aliphatic heterocycles. The summed E-state index contributed by atoms with van der Waals surface area (Å²) in [6.45, 7) is 6.25. The summed E-state index contributed by atoms with van der Waals surface area (Å²) in [6, 6.07) is 0. The van der Waals surface area contributed by atoms with Crippen LogP contribution in [0.1, 0.15) is 91.4 Å². The molecule has 0 aromatic heterocycles. The van der Waals surface area contributed by atoms with Crippen molar-refractivity contribution in [3.8, 4) is 0 Å². The van der Waals surface area contributed by atoms with Crippen LogP contribution >= 0.6 is 0 Å². The first kappa shape index (κ1) is 20.8. The van der Waals surface area contributed by atoms with Gasteiger partial charge in [-0.3, -0.25) is 0 Å². The van der Waals surface area contributed by atoms with Gasteiger partial charge in [-0.2, -0.15) is 0 Å². The summed E-state index contributed by atoms with van der Waals surface area (Å²) in [6.07, 6.45) is 8.69. The first-order valence-electron chi connectivity index (χ1n) is 8.81. The van der Waals surface area contributed by atoms with E-state index in [1.54, 1.807) is 0 Å². The molecule has 2 atom stereocenters. The second kappa shape index (κ2) is 14.8. The average molecular weight is 304 g/mol. The SMILES string of the molecule is CCCCCCC(O)OC(CC)OC(O)CCCCCC. The van der Waals surface area contributed by atoms with Crippen LogP contribution in [0.25, 0.3) is 0 Å². The Balaban J connectivity index is 3.76. The van der Waals surface area contributed by atoms with Crippen LogP contribution in [0.15, 0.2) is 0 Å². The van der Waals surface area contributed by atoms with E-state index in [2.05, 4.69) is 13.8 Å². The van der Waals surface area contributed by atoms with Crippen LogP contribution in [-0.4, -0.2) is 29.1 Å². The number of aliphatic hydroxyl groups excluding tert-OH is 2. The molecule has 128 valence electrons. The van der Waals surface area contributed by atoms with E-state index in [0.717, 1.165) is 25.7 Å². The fraction of sp³-hybridized carbons (Fsp3) is 1.00. The number of ether oxygens (including phenoxy) is 2. The van der Waals surface area contributed by atoms with Gasteiger partial charge in [-0.15, -0.1) is 0 Å². The Bertz CT molecular complexity index is 191. The van der Waals surface area contributed by atoms with Gasteiger partial charge in [0.1, 0.15) is 0 Å². The lowest BCUT2D eigenvalue weighted by Gasteiger charge is -2.23. The Morgan fingerprint density at radius 3 is 1.43 bits per heavy atom. The number of aliphatic hydroxyl groups is 2. The summed E-state index contributed by atoms with van der Waals surface area (Å²) in [5.74, 6) is 0. The summed E-state index contributed by atoms with van der Waals surface area (Å²) in [4.78, 5) is 0. The second-order valence-electron chi connectivity index (χ2n) is 5.72. The summed E-state index contributed by atoms with van der Waals surface area (Å²) in [7, 11) is 0. The van der Waals surface area contributed by atoms with Gasteiger partial charge in [0.15, 0.2) is 18.9 Å². The minimum absolute atomic E-state index is 0.521. The molecule has 0 amide bonds. The fourth-order valence-corrected chi connectivity index (χ4v) is 2.20. The topological polar surface area (TPSA) is 58.9 Å². The lowest BCUT2D eigenvalue weighted by atomic mass is 10.1. The molecule has 0 saturated carbocycles. The van der Waals surface area contributed by atoms with Gasteiger partial charge in [-0.1, -0.05) is 59.3 Å². The van der Waals surface area contributed by atoms with E-state index in [4.69, 9.17) is 9.47 Å². The second-order valence-corrected chi connectivity index (χ2v) is 5.72. The van der Waals surface area contributed by atoms with E-state index in [1.165, 1.54) is 25.7 Å². The van der Waals surface area contributed by atoms with Crippen LogP contribution in [0.3, 0.4) is 0 Å². The van der Waals surface area contributed by atoms with Crippen molar-refractivity contribution < 1.29 is 19.7 Å². The highest BCUT2D eigenvalue weighted by atomic mass is 16.8. The highest BCUT2D eigenvalue weighted by molar-refractivity contribution is 4.51. The Labute approximate surface area is 130 Å². The minimum Gasteiger partial charge on any atom is -0.368 e. The molecule has 21 heavy (non-hydrogen) atoms. The minimum atomic E-state index is -0.793. The molecule has 0 heterocycles. The van der Waals surface area contributed by atoms with Gasteiger partial charge in [0.05, 0.1) is 0 Å². The largest absolute Gasteiger partial charge is 0.368 e. The van der Waals surface area contributed by atoms with Crippen molar-refractivity contribution in [2.45, 2.75) is 110 Å². The molecule has 0 bridgehead atoms. The summed E-state index contributed by atoms with van der Waals surface area (Å²) in [5, 5.41) is 19.7. The van der Waals surface area contributed by atoms with Crippen LogP contribution in [0.2, 0.25) is 0 Å². The molecule has 0 rings (SSSR count). The predicted molar refractivity (Wildman–Crippen MR) is 85.8 cm³/mol. The standard InChI is InChI=1S/C17H36O4/c1-4-7-9-11-13-15(18)20-17(6-3)21-16(19)14-12-10-8-5-2/h15-19H,4-14H2,1-3H3. The van der Waals surface area contributed by atoms with Crippen molar-refractivity contribution >= 4 is 0 Å². The zero-order chi connectivity index (χ0) is 15.9. The smallest absolute Gasteiger partial charge is 0.163 e. The number of unbranched alkanes of at least 4 members (excludes halogenated alkanes) is 6. The molecule has 0 aliphatic rings. The van der Waals surface area contributed by atoms with E-state index in [9.17, 15) is 10.2 Å². The van der Waals surface area contributed by atoms with E-state index in [1.807, 2.05) is 6.92 Å².